The Morgan fingerprint density at radius 3 is 2.54 bits per heavy atom. The van der Waals surface area contributed by atoms with Crippen LogP contribution in [0.1, 0.15) is 31.7 Å². The lowest BCUT2D eigenvalue weighted by Crippen LogP contribution is -2.38. The molecule has 1 aromatic rings. The summed E-state index contributed by atoms with van der Waals surface area (Å²) in [6.07, 6.45) is 7.68. The molecule has 0 aliphatic carbocycles. The van der Waals surface area contributed by atoms with E-state index in [1.54, 1.807) is 0 Å². The second kappa shape index (κ2) is 7.51. The van der Waals surface area contributed by atoms with Gasteiger partial charge in [-0.1, -0.05) is 31.2 Å². The monoisotopic (exact) mass is 327 g/mol. The first-order valence-corrected chi connectivity index (χ1v) is 8.78. The first-order valence-electron chi connectivity index (χ1n) is 8.78. The van der Waals surface area contributed by atoms with E-state index in [2.05, 4.69) is 18.3 Å². The van der Waals surface area contributed by atoms with Gasteiger partial charge in [0.1, 0.15) is 0 Å². The highest BCUT2D eigenvalue weighted by atomic mass is 16.2. The van der Waals surface area contributed by atoms with Crippen LogP contribution in [0.5, 0.6) is 0 Å². The summed E-state index contributed by atoms with van der Waals surface area (Å²) in [5.41, 5.74) is 1.75. The van der Waals surface area contributed by atoms with Crippen LogP contribution in [0.15, 0.2) is 36.4 Å². The molecule has 2 aliphatic heterocycles. The molecule has 128 valence electrons. The number of anilines is 1. The summed E-state index contributed by atoms with van der Waals surface area (Å²) < 4.78 is 0. The van der Waals surface area contributed by atoms with Crippen LogP contribution >= 0.6 is 0 Å². The van der Waals surface area contributed by atoms with E-state index in [-0.39, 0.29) is 18.0 Å². The maximum absolute atomic E-state index is 12.3. The predicted octanol–water partition coefficient (Wildman–Crippen LogP) is 3.03. The zero-order valence-corrected chi connectivity index (χ0v) is 14.2. The van der Waals surface area contributed by atoms with Gasteiger partial charge in [-0.25, -0.2) is 4.79 Å². The van der Waals surface area contributed by atoms with Crippen LogP contribution < -0.4 is 5.32 Å². The zero-order valence-electron chi connectivity index (χ0n) is 14.2. The van der Waals surface area contributed by atoms with Gasteiger partial charge >= 0.3 is 6.03 Å². The Hall–Kier alpha value is -2.30. The molecular weight excluding hydrogens is 302 g/mol. The van der Waals surface area contributed by atoms with Crippen LogP contribution in [-0.2, 0) is 11.2 Å². The number of hydrogen-bond acceptors (Lipinski definition) is 2. The molecule has 3 rings (SSSR count). The number of likely N-dealkylation sites (tertiary alicyclic amines) is 1. The number of nitrogens with zero attached hydrogens (tertiary/aromatic N) is 2. The predicted molar refractivity (Wildman–Crippen MR) is 94.9 cm³/mol. The van der Waals surface area contributed by atoms with Crippen LogP contribution in [0.25, 0.3) is 0 Å². The minimum absolute atomic E-state index is 0.0762. The van der Waals surface area contributed by atoms with Crippen molar-refractivity contribution in [3.63, 3.8) is 0 Å². The Morgan fingerprint density at radius 1 is 1.17 bits per heavy atom. The Morgan fingerprint density at radius 2 is 1.88 bits per heavy atom. The number of amides is 3. The van der Waals surface area contributed by atoms with Gasteiger partial charge in [-0.3, -0.25) is 4.79 Å². The maximum Gasteiger partial charge on any atom is 0.322 e. The molecule has 1 saturated heterocycles. The van der Waals surface area contributed by atoms with Crippen molar-refractivity contribution in [1.29, 1.82) is 0 Å². The summed E-state index contributed by atoms with van der Waals surface area (Å²) in [4.78, 5) is 28.3. The summed E-state index contributed by atoms with van der Waals surface area (Å²) in [6, 6.07) is 7.69. The maximum atomic E-state index is 12.3. The summed E-state index contributed by atoms with van der Waals surface area (Å²) >= 11 is 0. The molecule has 24 heavy (non-hydrogen) atoms. The van der Waals surface area contributed by atoms with Crippen LogP contribution in [0.2, 0.25) is 0 Å². The molecule has 0 saturated carbocycles. The van der Waals surface area contributed by atoms with Crippen molar-refractivity contribution < 1.29 is 9.59 Å². The molecule has 0 bridgehead atoms. The fourth-order valence-electron chi connectivity index (χ4n) is 3.31. The van der Waals surface area contributed by atoms with Crippen molar-refractivity contribution in [3.8, 4) is 0 Å². The van der Waals surface area contributed by atoms with E-state index in [1.807, 2.05) is 40.1 Å². The van der Waals surface area contributed by atoms with E-state index in [0.29, 0.717) is 13.0 Å². The highest BCUT2D eigenvalue weighted by Crippen LogP contribution is 2.17. The summed E-state index contributed by atoms with van der Waals surface area (Å²) in [6.45, 7) is 4.50. The third kappa shape index (κ3) is 3.78. The number of carbonyl (C=O) groups is 2. The first kappa shape index (κ1) is 16.6. The molecule has 0 unspecified atom stereocenters. The van der Waals surface area contributed by atoms with Crippen molar-refractivity contribution in [2.75, 3.05) is 25.0 Å². The number of rotatable bonds is 4. The van der Waals surface area contributed by atoms with Crippen molar-refractivity contribution in [2.45, 2.75) is 38.6 Å². The molecule has 1 atom stereocenters. The number of carbonyl (C=O) groups excluding carboxylic acids is 2. The first-order chi connectivity index (χ1) is 11.7. The van der Waals surface area contributed by atoms with Gasteiger partial charge in [0, 0.05) is 25.3 Å². The fraction of sp³-hybridized carbons (Fsp3) is 0.474. The van der Waals surface area contributed by atoms with Gasteiger partial charge in [0.25, 0.3) is 0 Å². The van der Waals surface area contributed by atoms with Gasteiger partial charge in [0.15, 0.2) is 0 Å². The van der Waals surface area contributed by atoms with Crippen LogP contribution in [0, 0.1) is 0 Å². The second-order valence-electron chi connectivity index (χ2n) is 6.45. The van der Waals surface area contributed by atoms with E-state index in [9.17, 15) is 9.59 Å². The van der Waals surface area contributed by atoms with Gasteiger partial charge in [-0.2, -0.15) is 0 Å². The summed E-state index contributed by atoms with van der Waals surface area (Å²) in [5.74, 6) is 0.193. The van der Waals surface area contributed by atoms with Gasteiger partial charge < -0.3 is 15.1 Å². The second-order valence-corrected chi connectivity index (χ2v) is 6.45. The Bertz CT molecular complexity index is 618. The normalized spacial score (nSPS) is 19.8. The molecule has 5 nitrogen and oxygen atoms in total. The smallest absolute Gasteiger partial charge is 0.322 e. The quantitative estimate of drug-likeness (QED) is 0.864. The summed E-state index contributed by atoms with van der Waals surface area (Å²) in [7, 11) is 0. The fourth-order valence-corrected chi connectivity index (χ4v) is 3.31. The number of benzene rings is 1. The third-order valence-corrected chi connectivity index (χ3v) is 4.76. The Balaban J connectivity index is 1.54. The highest BCUT2D eigenvalue weighted by Gasteiger charge is 2.23. The van der Waals surface area contributed by atoms with Gasteiger partial charge in [-0.05, 0) is 37.0 Å². The minimum Gasteiger partial charge on any atom is -0.342 e. The molecule has 1 aromatic carbocycles. The summed E-state index contributed by atoms with van der Waals surface area (Å²) in [5, 5.41) is 2.94. The van der Waals surface area contributed by atoms with Crippen molar-refractivity contribution in [1.82, 2.24) is 9.80 Å². The molecule has 1 fully saturated rings. The van der Waals surface area contributed by atoms with E-state index in [0.717, 1.165) is 43.6 Å². The van der Waals surface area contributed by atoms with Crippen molar-refractivity contribution in [3.05, 3.63) is 42.0 Å². The third-order valence-electron chi connectivity index (χ3n) is 4.76. The molecule has 2 aliphatic rings. The molecule has 3 amide bonds. The Labute approximate surface area is 143 Å². The van der Waals surface area contributed by atoms with Crippen LogP contribution in [0.3, 0.4) is 0 Å². The lowest BCUT2D eigenvalue weighted by Gasteiger charge is -2.24. The lowest BCUT2D eigenvalue weighted by atomic mass is 10.1. The van der Waals surface area contributed by atoms with Crippen LogP contribution in [-0.4, -0.2) is 47.4 Å². The zero-order chi connectivity index (χ0) is 16.9. The van der Waals surface area contributed by atoms with E-state index < -0.39 is 0 Å². The standard InChI is InChI=1S/C19H25N3O2/c1-2-17-6-5-13-22(17)19(24)20-16-9-7-15(8-10-16)14-18(23)21-11-3-4-12-21/h5-10,17H,2-4,11-14H2,1H3,(H,20,24)/t17-/m0/s1. The van der Waals surface area contributed by atoms with Crippen molar-refractivity contribution in [2.24, 2.45) is 0 Å². The van der Waals surface area contributed by atoms with Gasteiger partial charge in [0.05, 0.1) is 12.5 Å². The average Bonchev–Trinajstić information content (AvgIpc) is 3.28. The minimum atomic E-state index is -0.0762. The molecule has 2 heterocycles. The molecule has 1 N–H and O–H groups in total. The molecule has 0 radical (unpaired) electrons. The Kier molecular flexibility index (Phi) is 5.18. The SMILES string of the molecule is CC[C@H]1C=CCN1C(=O)Nc1ccc(CC(=O)N2CCCC2)cc1. The van der Waals surface area contributed by atoms with E-state index >= 15 is 0 Å². The van der Waals surface area contributed by atoms with Gasteiger partial charge in [-0.15, -0.1) is 0 Å². The molecule has 0 aromatic heterocycles. The lowest BCUT2D eigenvalue weighted by molar-refractivity contribution is -0.129. The van der Waals surface area contributed by atoms with Crippen molar-refractivity contribution >= 4 is 17.6 Å². The van der Waals surface area contributed by atoms with Crippen LogP contribution in [0.4, 0.5) is 10.5 Å². The average molecular weight is 327 g/mol. The highest BCUT2D eigenvalue weighted by molar-refractivity contribution is 5.90. The van der Waals surface area contributed by atoms with E-state index in [1.165, 1.54) is 0 Å². The molecular formula is C19H25N3O2. The van der Waals surface area contributed by atoms with E-state index in [4.69, 9.17) is 0 Å². The largest absolute Gasteiger partial charge is 0.342 e. The number of urea groups is 1. The molecule has 5 heteroatoms. The molecule has 0 spiro atoms. The number of hydrogen-bond donors (Lipinski definition) is 1. The topological polar surface area (TPSA) is 52.7 Å². The number of nitrogens with one attached hydrogen (secondary N) is 1. The van der Waals surface area contributed by atoms with Gasteiger partial charge in [0.2, 0.25) is 5.91 Å².